The molecule has 0 fully saturated rings. The maximum atomic E-state index is 6.02. The van der Waals surface area contributed by atoms with Crippen molar-refractivity contribution in [3.63, 3.8) is 0 Å². The first kappa shape index (κ1) is 17.0. The Bertz CT molecular complexity index is 1020. The molecule has 0 amide bonds. The minimum atomic E-state index is 0.537. The van der Waals surface area contributed by atoms with Crippen LogP contribution in [0.3, 0.4) is 0 Å². The Hall–Kier alpha value is -3.42. The summed E-state index contributed by atoms with van der Waals surface area (Å²) in [5.41, 5.74) is 3.41. The zero-order valence-electron chi connectivity index (χ0n) is 14.7. The molecular formula is C19H18BN7. The highest BCUT2D eigenvalue weighted by Gasteiger charge is 2.09. The SMILES string of the molecule is [B]c1cnn2c(NCc3cccnc3)cc(NCCc3cccnc3)nc12. The van der Waals surface area contributed by atoms with Crippen LogP contribution in [0.4, 0.5) is 11.6 Å². The lowest BCUT2D eigenvalue weighted by Gasteiger charge is -2.12. The van der Waals surface area contributed by atoms with Crippen LogP contribution in [0.1, 0.15) is 11.1 Å². The summed E-state index contributed by atoms with van der Waals surface area (Å²) in [7, 11) is 6.02. The second-order valence-corrected chi connectivity index (χ2v) is 6.11. The molecule has 0 saturated carbocycles. The van der Waals surface area contributed by atoms with Crippen LogP contribution in [-0.4, -0.2) is 39.0 Å². The van der Waals surface area contributed by atoms with Gasteiger partial charge in [0.2, 0.25) is 0 Å². The first-order chi connectivity index (χ1) is 13.3. The highest BCUT2D eigenvalue weighted by Crippen LogP contribution is 2.16. The minimum Gasteiger partial charge on any atom is -0.370 e. The first-order valence-electron chi connectivity index (χ1n) is 8.69. The topological polar surface area (TPSA) is 80.0 Å². The van der Waals surface area contributed by atoms with E-state index in [1.807, 2.05) is 36.7 Å². The van der Waals surface area contributed by atoms with Gasteiger partial charge >= 0.3 is 0 Å². The third-order valence-electron chi connectivity index (χ3n) is 4.14. The summed E-state index contributed by atoms with van der Waals surface area (Å²) in [6.07, 6.45) is 9.69. The molecular weight excluding hydrogens is 337 g/mol. The van der Waals surface area contributed by atoms with E-state index in [1.165, 1.54) is 5.56 Å². The number of nitrogens with one attached hydrogen (secondary N) is 2. The monoisotopic (exact) mass is 355 g/mol. The molecule has 8 heteroatoms. The van der Waals surface area contributed by atoms with Crippen molar-refractivity contribution in [3.05, 3.63) is 72.4 Å². The fourth-order valence-electron chi connectivity index (χ4n) is 2.77. The second-order valence-electron chi connectivity index (χ2n) is 6.11. The number of hydrogen-bond acceptors (Lipinski definition) is 6. The van der Waals surface area contributed by atoms with Crippen LogP contribution >= 0.6 is 0 Å². The fraction of sp³-hybridized carbons (Fsp3) is 0.158. The molecule has 132 valence electrons. The van der Waals surface area contributed by atoms with E-state index in [4.69, 9.17) is 7.85 Å². The average Bonchev–Trinajstić information content (AvgIpc) is 3.09. The molecule has 0 saturated heterocycles. The average molecular weight is 355 g/mol. The van der Waals surface area contributed by atoms with Crippen molar-refractivity contribution in [2.75, 3.05) is 17.2 Å². The predicted molar refractivity (Wildman–Crippen MR) is 106 cm³/mol. The Labute approximate surface area is 158 Å². The van der Waals surface area contributed by atoms with Gasteiger partial charge in [0.1, 0.15) is 19.5 Å². The molecule has 2 radical (unpaired) electrons. The van der Waals surface area contributed by atoms with Gasteiger partial charge in [-0.15, -0.1) is 0 Å². The van der Waals surface area contributed by atoms with E-state index >= 15 is 0 Å². The minimum absolute atomic E-state index is 0.537. The highest BCUT2D eigenvalue weighted by molar-refractivity contribution is 6.36. The Balaban J connectivity index is 1.51. The summed E-state index contributed by atoms with van der Waals surface area (Å²) in [5, 5.41) is 11.0. The van der Waals surface area contributed by atoms with Crippen molar-refractivity contribution in [3.8, 4) is 0 Å². The summed E-state index contributed by atoms with van der Waals surface area (Å²) in [6.45, 7) is 1.37. The van der Waals surface area contributed by atoms with Crippen molar-refractivity contribution in [1.29, 1.82) is 0 Å². The van der Waals surface area contributed by atoms with E-state index in [-0.39, 0.29) is 0 Å². The number of fused-ring (bicyclic) bond motifs is 1. The van der Waals surface area contributed by atoms with Gasteiger partial charge in [0.25, 0.3) is 0 Å². The van der Waals surface area contributed by atoms with Gasteiger partial charge in [-0.05, 0) is 35.1 Å². The lowest BCUT2D eigenvalue weighted by Crippen LogP contribution is -2.12. The van der Waals surface area contributed by atoms with Crippen LogP contribution < -0.4 is 16.1 Å². The first-order valence-corrected chi connectivity index (χ1v) is 8.69. The highest BCUT2D eigenvalue weighted by atomic mass is 15.3. The third kappa shape index (κ3) is 4.05. The van der Waals surface area contributed by atoms with Gasteiger partial charge in [0, 0.05) is 50.1 Å². The van der Waals surface area contributed by atoms with Crippen molar-refractivity contribution >= 4 is 30.6 Å². The van der Waals surface area contributed by atoms with Crippen molar-refractivity contribution in [2.45, 2.75) is 13.0 Å². The molecule has 27 heavy (non-hydrogen) atoms. The molecule has 4 heterocycles. The number of aromatic nitrogens is 5. The summed E-state index contributed by atoms with van der Waals surface area (Å²) in [6, 6.07) is 9.85. The molecule has 4 rings (SSSR count). The summed E-state index contributed by atoms with van der Waals surface area (Å²) >= 11 is 0. The number of hydrogen-bond donors (Lipinski definition) is 2. The zero-order chi connectivity index (χ0) is 18.5. The predicted octanol–water partition coefficient (Wildman–Crippen LogP) is 1.58. The largest absolute Gasteiger partial charge is 0.370 e. The molecule has 7 nitrogen and oxygen atoms in total. The maximum Gasteiger partial charge on any atom is 0.152 e. The molecule has 4 aromatic rings. The Morgan fingerprint density at radius 2 is 1.74 bits per heavy atom. The smallest absolute Gasteiger partial charge is 0.152 e. The summed E-state index contributed by atoms with van der Waals surface area (Å²) in [5.74, 6) is 1.55. The molecule has 0 unspecified atom stereocenters. The van der Waals surface area contributed by atoms with E-state index in [1.54, 1.807) is 23.1 Å². The van der Waals surface area contributed by atoms with Crippen molar-refractivity contribution < 1.29 is 0 Å². The Morgan fingerprint density at radius 1 is 0.963 bits per heavy atom. The lowest BCUT2D eigenvalue weighted by molar-refractivity contribution is 0.918. The molecule has 0 atom stereocenters. The maximum absolute atomic E-state index is 6.02. The molecule has 0 spiro atoms. The van der Waals surface area contributed by atoms with Crippen molar-refractivity contribution in [1.82, 2.24) is 24.6 Å². The number of anilines is 2. The van der Waals surface area contributed by atoms with E-state index in [0.717, 1.165) is 30.2 Å². The van der Waals surface area contributed by atoms with E-state index < -0.39 is 0 Å². The quantitative estimate of drug-likeness (QED) is 0.490. The number of nitrogens with zero attached hydrogens (tertiary/aromatic N) is 5. The molecule has 2 N–H and O–H groups in total. The van der Waals surface area contributed by atoms with Crippen LogP contribution in [0, 0.1) is 0 Å². The van der Waals surface area contributed by atoms with E-state index in [9.17, 15) is 0 Å². The number of pyridine rings is 2. The molecule has 0 aliphatic heterocycles. The normalized spacial score (nSPS) is 10.8. The second kappa shape index (κ2) is 7.86. The lowest BCUT2D eigenvalue weighted by atomic mass is 10.0. The Kier molecular flexibility index (Phi) is 4.96. The van der Waals surface area contributed by atoms with Gasteiger partial charge in [-0.1, -0.05) is 12.1 Å². The van der Waals surface area contributed by atoms with Crippen LogP contribution in [0.15, 0.2) is 61.3 Å². The number of rotatable bonds is 7. The fourth-order valence-corrected chi connectivity index (χ4v) is 2.77. The van der Waals surface area contributed by atoms with Gasteiger partial charge in [0.15, 0.2) is 5.65 Å². The van der Waals surface area contributed by atoms with Crippen LogP contribution in [-0.2, 0) is 13.0 Å². The van der Waals surface area contributed by atoms with Gasteiger partial charge in [0.05, 0.1) is 0 Å². The van der Waals surface area contributed by atoms with E-state index in [2.05, 4.69) is 36.8 Å². The summed E-state index contributed by atoms with van der Waals surface area (Å²) < 4.78 is 1.71. The standard InChI is InChI=1S/C19H18BN7/c20-16-13-25-27-18(24-12-15-4-2-7-22-11-15)9-17(26-19(16)27)23-8-5-14-3-1-6-21-10-14/h1-4,6-7,9-11,13,24H,5,8,12H2,(H,23,26). The van der Waals surface area contributed by atoms with Gasteiger partial charge in [-0.3, -0.25) is 9.97 Å². The van der Waals surface area contributed by atoms with Gasteiger partial charge in [-0.25, -0.2) is 4.98 Å². The Morgan fingerprint density at radius 3 is 2.48 bits per heavy atom. The summed E-state index contributed by atoms with van der Waals surface area (Å²) in [4.78, 5) is 12.9. The molecule has 0 aromatic carbocycles. The zero-order valence-corrected chi connectivity index (χ0v) is 14.7. The van der Waals surface area contributed by atoms with Crippen LogP contribution in [0.2, 0.25) is 0 Å². The molecule has 0 bridgehead atoms. The third-order valence-corrected chi connectivity index (χ3v) is 4.14. The van der Waals surface area contributed by atoms with Gasteiger partial charge < -0.3 is 10.6 Å². The van der Waals surface area contributed by atoms with E-state index in [0.29, 0.717) is 17.7 Å². The molecule has 4 aromatic heterocycles. The molecule has 0 aliphatic carbocycles. The van der Waals surface area contributed by atoms with Crippen LogP contribution in [0.5, 0.6) is 0 Å². The van der Waals surface area contributed by atoms with Crippen molar-refractivity contribution in [2.24, 2.45) is 0 Å². The van der Waals surface area contributed by atoms with Crippen LogP contribution in [0.25, 0.3) is 5.65 Å². The van der Waals surface area contributed by atoms with Gasteiger partial charge in [-0.2, -0.15) is 9.61 Å². The molecule has 0 aliphatic rings.